The molecular formula is C58H41FN2O2. The molecule has 0 saturated carbocycles. The van der Waals surface area contributed by atoms with Crippen LogP contribution in [0, 0.1) is 5.82 Å². The van der Waals surface area contributed by atoms with Gasteiger partial charge in [0.05, 0.1) is 5.69 Å². The first-order chi connectivity index (χ1) is 31.0. The lowest BCUT2D eigenvalue weighted by Gasteiger charge is -2.29. The summed E-state index contributed by atoms with van der Waals surface area (Å²) in [6.45, 7) is 0. The van der Waals surface area contributed by atoms with E-state index in [1.807, 2.05) is 217 Å². The number of aromatic hydroxyl groups is 2. The summed E-state index contributed by atoms with van der Waals surface area (Å²) in [6.07, 6.45) is 0. The van der Waals surface area contributed by atoms with Crippen molar-refractivity contribution in [2.24, 2.45) is 0 Å². The van der Waals surface area contributed by atoms with Gasteiger partial charge in [-0.2, -0.15) is 0 Å². The zero-order chi connectivity index (χ0) is 42.7. The highest BCUT2D eigenvalue weighted by molar-refractivity contribution is 6.08. The summed E-state index contributed by atoms with van der Waals surface area (Å²) >= 11 is 0. The number of anilines is 6. The van der Waals surface area contributed by atoms with E-state index in [0.717, 1.165) is 72.8 Å². The van der Waals surface area contributed by atoms with Crippen molar-refractivity contribution in [3.05, 3.63) is 242 Å². The van der Waals surface area contributed by atoms with Gasteiger partial charge in [-0.05, 0) is 124 Å². The average molecular weight is 817 g/mol. The van der Waals surface area contributed by atoms with Crippen LogP contribution in [0.25, 0.3) is 55.3 Å². The topological polar surface area (TPSA) is 46.9 Å². The van der Waals surface area contributed by atoms with Gasteiger partial charge >= 0.3 is 0 Å². The molecule has 0 spiro atoms. The largest absolute Gasteiger partial charge is 0.507 e. The van der Waals surface area contributed by atoms with E-state index in [1.165, 1.54) is 0 Å². The average Bonchev–Trinajstić information content (AvgIpc) is 3.34. The Hall–Kier alpha value is -8.41. The van der Waals surface area contributed by atoms with E-state index in [1.54, 1.807) is 18.2 Å². The third kappa shape index (κ3) is 7.53. The van der Waals surface area contributed by atoms with Crippen LogP contribution in [0.2, 0.25) is 0 Å². The molecule has 0 atom stereocenters. The first-order valence-electron chi connectivity index (χ1n) is 20.9. The number of phenols is 2. The number of halogens is 1. The van der Waals surface area contributed by atoms with Crippen LogP contribution in [0.1, 0.15) is 0 Å². The minimum Gasteiger partial charge on any atom is -0.507 e. The Bertz CT molecular complexity index is 3140. The molecule has 10 aromatic rings. The van der Waals surface area contributed by atoms with Gasteiger partial charge in [-0.25, -0.2) is 4.39 Å². The van der Waals surface area contributed by atoms with Gasteiger partial charge < -0.3 is 20.0 Å². The summed E-state index contributed by atoms with van der Waals surface area (Å²) < 4.78 is 17.0. The normalized spacial score (nSPS) is 11.1. The quantitative estimate of drug-likeness (QED) is 0.144. The first kappa shape index (κ1) is 38.8. The number of benzene rings is 10. The van der Waals surface area contributed by atoms with E-state index in [0.29, 0.717) is 16.6 Å². The van der Waals surface area contributed by atoms with Gasteiger partial charge in [0, 0.05) is 51.0 Å². The highest BCUT2D eigenvalue weighted by Crippen LogP contribution is 2.47. The second-order valence-electron chi connectivity index (χ2n) is 15.4. The van der Waals surface area contributed by atoms with Gasteiger partial charge in [-0.15, -0.1) is 0 Å². The molecule has 0 radical (unpaired) electrons. The van der Waals surface area contributed by atoms with Gasteiger partial charge in [-0.1, -0.05) is 146 Å². The molecule has 4 nitrogen and oxygen atoms in total. The summed E-state index contributed by atoms with van der Waals surface area (Å²) in [5.41, 5.74) is 11.3. The molecule has 0 aromatic heterocycles. The van der Waals surface area contributed by atoms with Gasteiger partial charge in [0.2, 0.25) is 0 Å². The smallest absolute Gasteiger partial charge is 0.148 e. The third-order valence-corrected chi connectivity index (χ3v) is 11.5. The number of nitrogens with zero attached hydrogens (tertiary/aromatic N) is 2. The van der Waals surface area contributed by atoms with Crippen molar-refractivity contribution in [2.45, 2.75) is 0 Å². The van der Waals surface area contributed by atoms with Crippen LogP contribution < -0.4 is 9.80 Å². The molecule has 0 aliphatic rings. The maximum Gasteiger partial charge on any atom is 0.148 e. The van der Waals surface area contributed by atoms with E-state index in [2.05, 4.69) is 11.0 Å². The molecule has 0 saturated heterocycles. The molecule has 63 heavy (non-hydrogen) atoms. The fourth-order valence-electron chi connectivity index (χ4n) is 8.59. The minimum atomic E-state index is -0.348. The monoisotopic (exact) mass is 816 g/mol. The molecule has 0 fully saturated rings. The van der Waals surface area contributed by atoms with Crippen LogP contribution in [-0.4, -0.2) is 10.2 Å². The van der Waals surface area contributed by atoms with Crippen molar-refractivity contribution >= 4 is 44.9 Å². The van der Waals surface area contributed by atoms with E-state index in [9.17, 15) is 10.2 Å². The molecular weight excluding hydrogens is 776 g/mol. The summed E-state index contributed by atoms with van der Waals surface area (Å²) in [6, 6.07) is 76.7. The fourth-order valence-corrected chi connectivity index (χ4v) is 8.59. The predicted molar refractivity (Wildman–Crippen MR) is 258 cm³/mol. The van der Waals surface area contributed by atoms with Crippen molar-refractivity contribution in [1.82, 2.24) is 0 Å². The lowest BCUT2D eigenvalue weighted by atomic mass is 9.91. The van der Waals surface area contributed by atoms with Crippen LogP contribution in [0.3, 0.4) is 0 Å². The van der Waals surface area contributed by atoms with Gasteiger partial charge in [0.25, 0.3) is 0 Å². The van der Waals surface area contributed by atoms with Crippen molar-refractivity contribution in [2.75, 3.05) is 9.80 Å². The van der Waals surface area contributed by atoms with Crippen LogP contribution in [-0.2, 0) is 0 Å². The molecule has 302 valence electrons. The molecule has 0 unspecified atom stereocenters. The van der Waals surface area contributed by atoms with Crippen LogP contribution in [0.4, 0.5) is 38.5 Å². The first-order valence-corrected chi connectivity index (χ1v) is 20.9. The molecule has 0 bridgehead atoms. The number of rotatable bonds is 10. The second-order valence-corrected chi connectivity index (χ2v) is 15.4. The van der Waals surface area contributed by atoms with Crippen LogP contribution >= 0.6 is 0 Å². The van der Waals surface area contributed by atoms with Crippen molar-refractivity contribution in [1.29, 1.82) is 0 Å². The Balaban J connectivity index is 1.06. The van der Waals surface area contributed by atoms with Crippen molar-refractivity contribution in [3.8, 4) is 56.0 Å². The second kappa shape index (κ2) is 16.9. The number of hydrogen-bond donors (Lipinski definition) is 2. The van der Waals surface area contributed by atoms with Crippen molar-refractivity contribution in [3.63, 3.8) is 0 Å². The van der Waals surface area contributed by atoms with Gasteiger partial charge in [0.1, 0.15) is 17.3 Å². The van der Waals surface area contributed by atoms with Gasteiger partial charge in [0.15, 0.2) is 0 Å². The lowest BCUT2D eigenvalue weighted by molar-refractivity contribution is 0.477. The van der Waals surface area contributed by atoms with Crippen LogP contribution in [0.5, 0.6) is 11.5 Å². The molecule has 2 N–H and O–H groups in total. The number of fused-ring (bicyclic) bond motifs is 1. The van der Waals surface area contributed by atoms with E-state index in [-0.39, 0.29) is 17.3 Å². The Morgan fingerprint density at radius 1 is 0.302 bits per heavy atom. The molecule has 0 amide bonds. The Kier molecular flexibility index (Phi) is 10.4. The lowest BCUT2D eigenvalue weighted by Crippen LogP contribution is -2.13. The SMILES string of the molecule is Oc1cc(N(c2ccccc2)c2ccccc2)ccc1-c1ccc(O)c2c(-c3ccc(N(c4ccccc4)c4c(F)cc(-c5ccccc5)cc4-c4ccccc4)cc3)cccc12. The number of para-hydroxylation sites is 3. The molecule has 10 aromatic carbocycles. The van der Waals surface area contributed by atoms with Crippen LogP contribution in [0.15, 0.2) is 237 Å². The van der Waals surface area contributed by atoms with E-state index >= 15 is 4.39 Å². The Labute approximate surface area is 366 Å². The highest BCUT2D eigenvalue weighted by Gasteiger charge is 2.24. The fraction of sp³-hybridized carbons (Fsp3) is 0. The molecule has 0 aliphatic carbocycles. The summed E-state index contributed by atoms with van der Waals surface area (Å²) in [4.78, 5) is 4.08. The highest BCUT2D eigenvalue weighted by atomic mass is 19.1. The Morgan fingerprint density at radius 2 is 0.794 bits per heavy atom. The molecule has 0 heterocycles. The third-order valence-electron chi connectivity index (χ3n) is 11.5. The van der Waals surface area contributed by atoms with E-state index in [4.69, 9.17) is 0 Å². The minimum absolute atomic E-state index is 0.117. The maximum absolute atomic E-state index is 17.0. The predicted octanol–water partition coefficient (Wildman–Crippen LogP) is 16.0. The number of phenolic OH excluding ortho intramolecular Hbond substituents is 2. The zero-order valence-corrected chi connectivity index (χ0v) is 34.2. The summed E-state index contributed by atoms with van der Waals surface area (Å²) in [5.74, 6) is -0.104. The number of hydrogen-bond acceptors (Lipinski definition) is 4. The standard InChI is InChI=1S/C58H41FN2O2/c59-54-38-43(40-17-6-1-7-18-40)37-53(41-19-8-2-9-20-41)58(54)61(46-25-14-5-15-26-46)47-31-29-42(30-32-47)49-27-16-28-52-50(35-36-55(62)57(49)52)51-34-33-48(39-56(51)63)60(44-21-10-3-11-22-44)45-23-12-4-13-24-45/h1-39,62-63H. The molecule has 5 heteroatoms. The summed E-state index contributed by atoms with van der Waals surface area (Å²) in [7, 11) is 0. The van der Waals surface area contributed by atoms with Gasteiger partial charge in [-0.3, -0.25) is 0 Å². The molecule has 0 aliphatic heterocycles. The van der Waals surface area contributed by atoms with E-state index < -0.39 is 0 Å². The summed E-state index contributed by atoms with van der Waals surface area (Å²) in [5, 5.41) is 24.7. The zero-order valence-electron chi connectivity index (χ0n) is 34.2. The Morgan fingerprint density at radius 3 is 1.38 bits per heavy atom. The maximum atomic E-state index is 17.0. The van der Waals surface area contributed by atoms with Crippen molar-refractivity contribution < 1.29 is 14.6 Å². The molecule has 10 rings (SSSR count).